The number of carbonyl (C=O) groups excluding carboxylic acids is 2. The molecule has 2 fully saturated rings. The van der Waals surface area contributed by atoms with Crippen LogP contribution < -0.4 is 4.74 Å². The number of nitrogens with zero attached hydrogens (tertiary/aromatic N) is 4. The summed E-state index contributed by atoms with van der Waals surface area (Å²) in [5, 5.41) is 0. The predicted molar refractivity (Wildman–Crippen MR) is 175 cm³/mol. The van der Waals surface area contributed by atoms with Crippen molar-refractivity contribution in [3.63, 3.8) is 0 Å². The van der Waals surface area contributed by atoms with Gasteiger partial charge in [-0.3, -0.25) is 9.69 Å². The molecule has 244 valence electrons. The summed E-state index contributed by atoms with van der Waals surface area (Å²) in [5.74, 6) is 0.376. The number of hydrogen-bond donors (Lipinski definition) is 0. The third kappa shape index (κ3) is 8.63. The van der Waals surface area contributed by atoms with E-state index < -0.39 is 5.60 Å². The number of likely N-dealkylation sites (tertiary alicyclic amines) is 1. The summed E-state index contributed by atoms with van der Waals surface area (Å²) >= 11 is 0. The molecule has 2 aliphatic heterocycles. The van der Waals surface area contributed by atoms with E-state index in [2.05, 4.69) is 33.0 Å². The molecule has 0 aliphatic carbocycles. The summed E-state index contributed by atoms with van der Waals surface area (Å²) in [6, 6.07) is 22.0. The average molecular weight is 629 g/mol. The van der Waals surface area contributed by atoms with Crippen LogP contribution in [0.1, 0.15) is 73.8 Å². The molecule has 0 unspecified atom stereocenters. The molecule has 0 bridgehead atoms. The van der Waals surface area contributed by atoms with Gasteiger partial charge in [0.1, 0.15) is 24.5 Å². The van der Waals surface area contributed by atoms with Gasteiger partial charge in [-0.05, 0) is 82.9 Å². The van der Waals surface area contributed by atoms with Crippen molar-refractivity contribution in [3.05, 3.63) is 89.1 Å². The summed E-state index contributed by atoms with van der Waals surface area (Å²) < 4.78 is 22.5. The standard InChI is InChI=1S/C36H44N4O6/c1-6-43-33(41)22-37-35-40(31(24-44-35)26-10-8-7-9-11-26)29-18-20-39(21-19-29)23-28-14-17-32(38-25(28)2)45-30-15-12-27(13-16-30)34(42)46-36(3,4)5/h7-17,29,31H,6,18-24H2,1-5H3/b37-35+/t31-/m0/s1. The Labute approximate surface area is 271 Å². The van der Waals surface area contributed by atoms with E-state index in [0.717, 1.165) is 43.7 Å². The lowest BCUT2D eigenvalue weighted by molar-refractivity contribution is -0.141. The highest BCUT2D eigenvalue weighted by atomic mass is 16.6. The number of piperidine rings is 1. The third-order valence-electron chi connectivity index (χ3n) is 7.99. The number of carbonyl (C=O) groups is 2. The number of benzene rings is 2. The number of aliphatic imine (C=N–C) groups is 1. The molecule has 2 saturated heterocycles. The Morgan fingerprint density at radius 2 is 1.72 bits per heavy atom. The van der Waals surface area contributed by atoms with Crippen LogP contribution in [0.3, 0.4) is 0 Å². The number of hydrogen-bond acceptors (Lipinski definition) is 9. The van der Waals surface area contributed by atoms with Crippen LogP contribution in [0, 0.1) is 6.92 Å². The Balaban J connectivity index is 1.18. The number of ether oxygens (including phenoxy) is 4. The molecule has 0 saturated carbocycles. The van der Waals surface area contributed by atoms with Gasteiger partial charge < -0.3 is 23.8 Å². The highest BCUT2D eigenvalue weighted by Crippen LogP contribution is 2.34. The molecule has 2 aliphatic rings. The van der Waals surface area contributed by atoms with Gasteiger partial charge in [0.05, 0.1) is 18.2 Å². The molecule has 2 aromatic carbocycles. The molecule has 10 heteroatoms. The first-order valence-corrected chi connectivity index (χ1v) is 16.0. The van der Waals surface area contributed by atoms with Gasteiger partial charge in [-0.15, -0.1) is 0 Å². The maximum absolute atomic E-state index is 12.3. The highest BCUT2D eigenvalue weighted by molar-refractivity contribution is 5.89. The average Bonchev–Trinajstić information content (AvgIpc) is 3.46. The van der Waals surface area contributed by atoms with Crippen molar-refractivity contribution in [2.24, 2.45) is 4.99 Å². The number of aromatic nitrogens is 1. The van der Waals surface area contributed by atoms with Crippen LogP contribution in [-0.4, -0.2) is 77.2 Å². The maximum Gasteiger partial charge on any atom is 0.338 e. The largest absolute Gasteiger partial charge is 0.465 e. The lowest BCUT2D eigenvalue weighted by Gasteiger charge is -2.39. The van der Waals surface area contributed by atoms with Crippen molar-refractivity contribution in [1.82, 2.24) is 14.8 Å². The smallest absolute Gasteiger partial charge is 0.338 e. The Kier molecular flexibility index (Phi) is 10.6. The second kappa shape index (κ2) is 14.8. The second-order valence-corrected chi connectivity index (χ2v) is 12.6. The molecule has 1 atom stereocenters. The van der Waals surface area contributed by atoms with Gasteiger partial charge >= 0.3 is 11.9 Å². The fraction of sp³-hybridized carbons (Fsp3) is 0.444. The first-order valence-electron chi connectivity index (χ1n) is 16.0. The minimum absolute atomic E-state index is 0.0474. The highest BCUT2D eigenvalue weighted by Gasteiger charge is 2.39. The van der Waals surface area contributed by atoms with E-state index in [1.807, 2.05) is 52.0 Å². The SMILES string of the molecule is CCOC(=O)C/N=C1/OC[C@@H](c2ccccc2)N1C1CCN(Cc2ccc(Oc3ccc(C(=O)OC(C)(C)C)cc3)nc2C)CC1. The molecule has 3 aromatic rings. The summed E-state index contributed by atoms with van der Waals surface area (Å²) in [7, 11) is 0. The van der Waals surface area contributed by atoms with Crippen molar-refractivity contribution in [3.8, 4) is 11.6 Å². The van der Waals surface area contributed by atoms with E-state index in [0.29, 0.717) is 36.4 Å². The number of aryl methyl sites for hydroxylation is 1. The predicted octanol–water partition coefficient (Wildman–Crippen LogP) is 6.09. The molecule has 0 amide bonds. The molecule has 3 heterocycles. The van der Waals surface area contributed by atoms with Crippen LogP contribution in [0.2, 0.25) is 0 Å². The number of esters is 2. The lowest BCUT2D eigenvalue weighted by atomic mass is 9.98. The number of rotatable bonds is 10. The molecule has 0 N–H and O–H groups in total. The van der Waals surface area contributed by atoms with E-state index >= 15 is 0 Å². The second-order valence-electron chi connectivity index (χ2n) is 12.6. The maximum atomic E-state index is 12.3. The number of amidine groups is 1. The quantitative estimate of drug-likeness (QED) is 0.247. The molecular weight excluding hydrogens is 584 g/mol. The van der Waals surface area contributed by atoms with Crippen molar-refractivity contribution >= 4 is 18.0 Å². The fourth-order valence-electron chi connectivity index (χ4n) is 5.75. The first-order chi connectivity index (χ1) is 22.1. The van der Waals surface area contributed by atoms with Gasteiger partial charge in [0, 0.05) is 37.4 Å². The summed E-state index contributed by atoms with van der Waals surface area (Å²) in [6.45, 7) is 12.7. The monoisotopic (exact) mass is 628 g/mol. The fourth-order valence-corrected chi connectivity index (χ4v) is 5.75. The molecule has 1 aromatic heterocycles. The zero-order valence-electron chi connectivity index (χ0n) is 27.4. The minimum Gasteiger partial charge on any atom is -0.465 e. The van der Waals surface area contributed by atoms with Gasteiger partial charge in [-0.25, -0.2) is 14.8 Å². The van der Waals surface area contributed by atoms with Crippen LogP contribution in [0.5, 0.6) is 11.6 Å². The van der Waals surface area contributed by atoms with Gasteiger partial charge in [0.2, 0.25) is 5.88 Å². The van der Waals surface area contributed by atoms with Gasteiger partial charge in [-0.1, -0.05) is 36.4 Å². The van der Waals surface area contributed by atoms with Crippen LogP contribution in [0.15, 0.2) is 71.7 Å². The van der Waals surface area contributed by atoms with Crippen LogP contribution in [-0.2, 0) is 25.5 Å². The minimum atomic E-state index is -0.551. The van der Waals surface area contributed by atoms with E-state index in [1.165, 1.54) is 5.56 Å². The van der Waals surface area contributed by atoms with Crippen molar-refractivity contribution in [2.45, 2.75) is 71.7 Å². The van der Waals surface area contributed by atoms with Gasteiger partial charge in [-0.2, -0.15) is 0 Å². The summed E-state index contributed by atoms with van der Waals surface area (Å²) in [5.41, 5.74) is 3.16. The van der Waals surface area contributed by atoms with Crippen LogP contribution in [0.4, 0.5) is 0 Å². The Hall–Kier alpha value is -4.44. The van der Waals surface area contributed by atoms with Crippen LogP contribution in [0.25, 0.3) is 0 Å². The zero-order chi connectivity index (χ0) is 32.7. The molecule has 10 nitrogen and oxygen atoms in total. The Morgan fingerprint density at radius 1 is 1.00 bits per heavy atom. The first kappa shape index (κ1) is 32.9. The summed E-state index contributed by atoms with van der Waals surface area (Å²) in [4.78, 5) is 38.3. The van der Waals surface area contributed by atoms with Crippen molar-refractivity contribution in [1.29, 1.82) is 0 Å². The van der Waals surface area contributed by atoms with E-state index in [1.54, 1.807) is 31.2 Å². The van der Waals surface area contributed by atoms with E-state index in [9.17, 15) is 9.59 Å². The lowest BCUT2D eigenvalue weighted by Crippen LogP contribution is -2.46. The van der Waals surface area contributed by atoms with Gasteiger partial charge in [0.15, 0.2) is 0 Å². The topological polar surface area (TPSA) is 103 Å². The molecule has 46 heavy (non-hydrogen) atoms. The summed E-state index contributed by atoms with van der Waals surface area (Å²) in [6.07, 6.45) is 1.89. The molecular formula is C36H44N4O6. The molecule has 5 rings (SSSR count). The third-order valence-corrected chi connectivity index (χ3v) is 7.99. The van der Waals surface area contributed by atoms with Crippen molar-refractivity contribution in [2.75, 3.05) is 32.8 Å². The number of pyridine rings is 1. The normalized spacial score (nSPS) is 18.3. The van der Waals surface area contributed by atoms with Crippen LogP contribution >= 0.6 is 0 Å². The zero-order valence-corrected chi connectivity index (χ0v) is 27.4. The van der Waals surface area contributed by atoms with Gasteiger partial charge in [0.25, 0.3) is 6.02 Å². The Morgan fingerprint density at radius 3 is 2.37 bits per heavy atom. The van der Waals surface area contributed by atoms with Crippen molar-refractivity contribution < 1.29 is 28.5 Å². The Bertz CT molecular complexity index is 1510. The van der Waals surface area contributed by atoms with E-state index in [4.69, 9.17) is 23.9 Å². The molecule has 0 radical (unpaired) electrons. The molecule has 0 spiro atoms. The van der Waals surface area contributed by atoms with E-state index in [-0.39, 0.29) is 30.6 Å².